The molecule has 1 aromatic carbocycles. The maximum atomic E-state index is 12.3. The molecule has 4 nitrogen and oxygen atoms in total. The third-order valence-electron chi connectivity index (χ3n) is 4.34. The summed E-state index contributed by atoms with van der Waals surface area (Å²) in [6.45, 7) is 4.24. The molecule has 2 unspecified atom stereocenters. The van der Waals surface area contributed by atoms with Gasteiger partial charge in [-0.3, -0.25) is 4.79 Å². The molecule has 1 amide bonds. The second kappa shape index (κ2) is 6.24. The van der Waals surface area contributed by atoms with Crippen molar-refractivity contribution >= 4 is 32.6 Å². The zero-order valence-corrected chi connectivity index (χ0v) is 14.1. The molecule has 2 atom stereocenters. The Labute approximate surface area is 134 Å². The first-order valence-electron chi connectivity index (χ1n) is 7.89. The van der Waals surface area contributed by atoms with Crippen LogP contribution in [0.4, 0.5) is 5.13 Å². The van der Waals surface area contributed by atoms with Crippen molar-refractivity contribution in [3.63, 3.8) is 0 Å². The maximum Gasteiger partial charge on any atom is 0.229 e. The minimum Gasteiger partial charge on any atom is -0.494 e. The average Bonchev–Trinajstić information content (AvgIpc) is 3.17. The number of benzene rings is 1. The highest BCUT2D eigenvalue weighted by Gasteiger charge is 2.42. The molecule has 0 bridgehead atoms. The Balaban J connectivity index is 1.72. The number of aromatic nitrogens is 1. The van der Waals surface area contributed by atoms with E-state index in [2.05, 4.69) is 17.2 Å². The van der Waals surface area contributed by atoms with E-state index in [1.807, 2.05) is 19.1 Å². The summed E-state index contributed by atoms with van der Waals surface area (Å²) in [5.41, 5.74) is 1.99. The van der Waals surface area contributed by atoms with Crippen LogP contribution in [-0.2, 0) is 4.79 Å². The van der Waals surface area contributed by atoms with Crippen LogP contribution in [0.2, 0.25) is 0 Å². The monoisotopic (exact) mass is 318 g/mol. The quantitative estimate of drug-likeness (QED) is 0.860. The first-order chi connectivity index (χ1) is 10.6. The molecule has 0 spiro atoms. The van der Waals surface area contributed by atoms with E-state index < -0.39 is 0 Å². The highest BCUT2D eigenvalue weighted by molar-refractivity contribution is 7.22. The zero-order valence-electron chi connectivity index (χ0n) is 13.3. The molecule has 1 aliphatic rings. The van der Waals surface area contributed by atoms with Crippen molar-refractivity contribution < 1.29 is 9.53 Å². The standard InChI is InChI=1S/C17H22N2O2S/c1-4-5-6-11-9-12(11)16(20)19-17-18-14-13(21-3)8-7-10(2)15(14)22-17/h7-8,11-12H,4-6,9H2,1-3H3,(H,18,19,20). The number of ether oxygens (including phenoxy) is 1. The second-order valence-corrected chi connectivity index (χ2v) is 7.01. The number of hydrogen-bond acceptors (Lipinski definition) is 4. The predicted molar refractivity (Wildman–Crippen MR) is 90.7 cm³/mol. The van der Waals surface area contributed by atoms with E-state index in [1.54, 1.807) is 7.11 Å². The zero-order chi connectivity index (χ0) is 15.7. The first-order valence-corrected chi connectivity index (χ1v) is 8.70. The lowest BCUT2D eigenvalue weighted by Crippen LogP contribution is -2.14. The number of amides is 1. The van der Waals surface area contributed by atoms with Crippen molar-refractivity contribution in [1.82, 2.24) is 4.98 Å². The number of carbonyl (C=O) groups is 1. The summed E-state index contributed by atoms with van der Waals surface area (Å²) in [4.78, 5) is 16.8. The van der Waals surface area contributed by atoms with Crippen LogP contribution < -0.4 is 10.1 Å². The van der Waals surface area contributed by atoms with Crippen molar-refractivity contribution in [3.05, 3.63) is 17.7 Å². The molecule has 2 aromatic rings. The van der Waals surface area contributed by atoms with Gasteiger partial charge in [-0.05, 0) is 37.3 Å². The van der Waals surface area contributed by atoms with E-state index in [0.717, 1.165) is 28.0 Å². The number of carbonyl (C=O) groups excluding carboxylic acids is 1. The van der Waals surface area contributed by atoms with Gasteiger partial charge in [0.05, 0.1) is 11.8 Å². The van der Waals surface area contributed by atoms with Crippen molar-refractivity contribution in [2.45, 2.75) is 39.5 Å². The molecule has 3 rings (SSSR count). The summed E-state index contributed by atoms with van der Waals surface area (Å²) in [5.74, 6) is 1.63. The fraction of sp³-hybridized carbons (Fsp3) is 0.529. The first kappa shape index (κ1) is 15.3. The third-order valence-corrected chi connectivity index (χ3v) is 5.45. The van der Waals surface area contributed by atoms with Gasteiger partial charge in [0, 0.05) is 5.92 Å². The Hall–Kier alpha value is -1.62. The number of nitrogens with zero attached hydrogens (tertiary/aromatic N) is 1. The van der Waals surface area contributed by atoms with Gasteiger partial charge in [0.25, 0.3) is 0 Å². The van der Waals surface area contributed by atoms with Crippen LogP contribution in [-0.4, -0.2) is 18.0 Å². The van der Waals surface area contributed by atoms with E-state index in [4.69, 9.17) is 4.74 Å². The molecule has 0 aliphatic heterocycles. The van der Waals surface area contributed by atoms with Crippen LogP contribution in [0.25, 0.3) is 10.2 Å². The molecule has 1 N–H and O–H groups in total. The fourth-order valence-electron chi connectivity index (χ4n) is 2.88. The topological polar surface area (TPSA) is 51.2 Å². The van der Waals surface area contributed by atoms with Gasteiger partial charge in [0.15, 0.2) is 5.13 Å². The van der Waals surface area contributed by atoms with E-state index in [1.165, 1.54) is 30.6 Å². The summed E-state index contributed by atoms with van der Waals surface area (Å²) >= 11 is 1.52. The normalized spacial score (nSPS) is 20.1. The number of fused-ring (bicyclic) bond motifs is 1. The second-order valence-electron chi connectivity index (χ2n) is 6.02. The summed E-state index contributed by atoms with van der Waals surface area (Å²) < 4.78 is 6.43. The van der Waals surface area contributed by atoms with Gasteiger partial charge >= 0.3 is 0 Å². The molecule has 1 saturated carbocycles. The number of methoxy groups -OCH3 is 1. The van der Waals surface area contributed by atoms with E-state index in [9.17, 15) is 4.79 Å². The van der Waals surface area contributed by atoms with Gasteiger partial charge in [-0.25, -0.2) is 4.98 Å². The van der Waals surface area contributed by atoms with Crippen molar-refractivity contribution in [2.75, 3.05) is 12.4 Å². The van der Waals surface area contributed by atoms with Crippen LogP contribution >= 0.6 is 11.3 Å². The molecule has 1 heterocycles. The maximum absolute atomic E-state index is 12.3. The molecule has 1 aliphatic carbocycles. The minimum absolute atomic E-state index is 0.122. The van der Waals surface area contributed by atoms with Gasteiger partial charge in [-0.15, -0.1) is 0 Å². The van der Waals surface area contributed by atoms with Gasteiger partial charge < -0.3 is 10.1 Å². The molecule has 0 radical (unpaired) electrons. The van der Waals surface area contributed by atoms with Crippen LogP contribution in [0.3, 0.4) is 0 Å². The smallest absolute Gasteiger partial charge is 0.229 e. The van der Waals surface area contributed by atoms with Crippen molar-refractivity contribution in [1.29, 1.82) is 0 Å². The summed E-state index contributed by atoms with van der Waals surface area (Å²) in [6, 6.07) is 3.94. The molecular weight excluding hydrogens is 296 g/mol. The number of hydrogen-bond donors (Lipinski definition) is 1. The van der Waals surface area contributed by atoms with E-state index in [-0.39, 0.29) is 11.8 Å². The number of unbranched alkanes of at least 4 members (excludes halogenated alkanes) is 1. The van der Waals surface area contributed by atoms with Crippen LogP contribution in [0.5, 0.6) is 5.75 Å². The summed E-state index contributed by atoms with van der Waals surface area (Å²) in [7, 11) is 1.64. The largest absolute Gasteiger partial charge is 0.494 e. The lowest BCUT2D eigenvalue weighted by atomic mass is 10.1. The van der Waals surface area contributed by atoms with E-state index >= 15 is 0 Å². The Morgan fingerprint density at radius 1 is 1.50 bits per heavy atom. The van der Waals surface area contributed by atoms with E-state index in [0.29, 0.717) is 11.0 Å². The van der Waals surface area contributed by atoms with Gasteiger partial charge in [-0.2, -0.15) is 0 Å². The molecule has 118 valence electrons. The highest BCUT2D eigenvalue weighted by Crippen LogP contribution is 2.43. The molecular formula is C17H22N2O2S. The number of rotatable bonds is 6. The third kappa shape index (κ3) is 2.95. The Morgan fingerprint density at radius 2 is 2.32 bits per heavy atom. The fourth-order valence-corrected chi connectivity index (χ4v) is 3.83. The lowest BCUT2D eigenvalue weighted by Gasteiger charge is -2.01. The van der Waals surface area contributed by atoms with Crippen molar-refractivity contribution in [2.24, 2.45) is 11.8 Å². The lowest BCUT2D eigenvalue weighted by molar-refractivity contribution is -0.117. The van der Waals surface area contributed by atoms with Gasteiger partial charge in [0.1, 0.15) is 11.3 Å². The number of anilines is 1. The molecule has 1 aromatic heterocycles. The number of thiazole rings is 1. The Morgan fingerprint density at radius 3 is 3.05 bits per heavy atom. The Bertz CT molecular complexity index is 695. The Kier molecular flexibility index (Phi) is 4.34. The molecule has 1 fully saturated rings. The minimum atomic E-state index is 0.122. The average molecular weight is 318 g/mol. The van der Waals surface area contributed by atoms with Crippen LogP contribution in [0.1, 0.15) is 38.2 Å². The van der Waals surface area contributed by atoms with Crippen LogP contribution in [0, 0.1) is 18.8 Å². The van der Waals surface area contributed by atoms with Gasteiger partial charge in [-0.1, -0.05) is 37.2 Å². The highest BCUT2D eigenvalue weighted by atomic mass is 32.1. The van der Waals surface area contributed by atoms with Crippen molar-refractivity contribution in [3.8, 4) is 5.75 Å². The number of aryl methyl sites for hydroxylation is 1. The summed E-state index contributed by atoms with van der Waals surface area (Å²) in [6.07, 6.45) is 4.61. The van der Waals surface area contributed by atoms with Gasteiger partial charge in [0.2, 0.25) is 5.91 Å². The molecule has 5 heteroatoms. The molecule has 0 saturated heterocycles. The molecule has 22 heavy (non-hydrogen) atoms. The predicted octanol–water partition coefficient (Wildman–Crippen LogP) is 4.38. The number of nitrogens with one attached hydrogen (secondary N) is 1. The SMILES string of the molecule is CCCCC1CC1C(=O)Nc1nc2c(OC)ccc(C)c2s1. The van der Waals surface area contributed by atoms with Crippen LogP contribution in [0.15, 0.2) is 12.1 Å². The summed E-state index contributed by atoms with van der Waals surface area (Å²) in [5, 5.41) is 3.67.